The van der Waals surface area contributed by atoms with Crippen LogP contribution in [-0.4, -0.2) is 11.1 Å². The Balaban J connectivity index is 1.58. The third-order valence-electron chi connectivity index (χ3n) is 4.15. The van der Waals surface area contributed by atoms with Gasteiger partial charge in [-0.2, -0.15) is 0 Å². The Morgan fingerprint density at radius 3 is 2.72 bits per heavy atom. The van der Waals surface area contributed by atoms with Gasteiger partial charge in [-0.05, 0) is 66.7 Å². The molecule has 0 aliphatic carbocycles. The average molecular weight is 464 g/mol. The molecule has 1 N–H and O–H groups in total. The summed E-state index contributed by atoms with van der Waals surface area (Å²) >= 11 is 19.5. The Hall–Kier alpha value is -2.18. The van der Waals surface area contributed by atoms with E-state index >= 15 is 0 Å². The van der Waals surface area contributed by atoms with Crippen LogP contribution in [0.25, 0.3) is 17.4 Å². The Labute approximate surface area is 186 Å². The van der Waals surface area contributed by atoms with Crippen molar-refractivity contribution in [1.82, 2.24) is 5.32 Å². The highest BCUT2D eigenvalue weighted by Crippen LogP contribution is 2.35. The molecule has 1 amide bonds. The van der Waals surface area contributed by atoms with E-state index in [1.807, 2.05) is 25.1 Å². The fourth-order valence-corrected chi connectivity index (χ4v) is 4.17. The number of amidine groups is 1. The van der Waals surface area contributed by atoms with E-state index in [0.29, 0.717) is 42.2 Å². The first-order chi connectivity index (χ1) is 13.9. The lowest BCUT2D eigenvalue weighted by Gasteiger charge is -2.02. The molecule has 8 heteroatoms. The van der Waals surface area contributed by atoms with E-state index in [-0.39, 0.29) is 5.91 Å². The topological polar surface area (TPSA) is 54.6 Å². The van der Waals surface area contributed by atoms with Gasteiger partial charge in [0.15, 0.2) is 5.17 Å². The van der Waals surface area contributed by atoms with Crippen molar-refractivity contribution >= 4 is 69.4 Å². The summed E-state index contributed by atoms with van der Waals surface area (Å²) in [6, 6.07) is 14.3. The van der Waals surface area contributed by atoms with Crippen molar-refractivity contribution in [3.63, 3.8) is 0 Å². The number of hydrogen-bond acceptors (Lipinski definition) is 4. The number of aliphatic imine (C=N–C) groups is 1. The molecule has 0 spiro atoms. The maximum absolute atomic E-state index is 12.3. The molecule has 1 aliphatic heterocycles. The summed E-state index contributed by atoms with van der Waals surface area (Å²) in [6.45, 7) is 1.91. The van der Waals surface area contributed by atoms with Gasteiger partial charge in [0.05, 0.1) is 20.6 Å². The Morgan fingerprint density at radius 1 is 1.10 bits per heavy atom. The predicted molar refractivity (Wildman–Crippen MR) is 121 cm³/mol. The van der Waals surface area contributed by atoms with Gasteiger partial charge in [-0.1, -0.05) is 40.9 Å². The van der Waals surface area contributed by atoms with Gasteiger partial charge in [0.1, 0.15) is 11.5 Å². The van der Waals surface area contributed by atoms with Crippen LogP contribution >= 0.6 is 46.6 Å². The minimum absolute atomic E-state index is 0.237. The molecule has 0 saturated carbocycles. The first-order valence-electron chi connectivity index (χ1n) is 8.50. The number of nitrogens with one attached hydrogen (secondary N) is 1. The number of halogens is 3. The zero-order valence-corrected chi connectivity index (χ0v) is 18.1. The van der Waals surface area contributed by atoms with Crippen LogP contribution in [0.3, 0.4) is 0 Å². The molecule has 4 nitrogen and oxygen atoms in total. The van der Waals surface area contributed by atoms with Crippen molar-refractivity contribution in [3.8, 4) is 11.3 Å². The van der Waals surface area contributed by atoms with Crippen LogP contribution in [0.5, 0.6) is 0 Å². The van der Waals surface area contributed by atoms with Crippen LogP contribution < -0.4 is 5.32 Å². The first kappa shape index (κ1) is 20.1. The average Bonchev–Trinajstić information content (AvgIpc) is 3.27. The summed E-state index contributed by atoms with van der Waals surface area (Å²) in [4.78, 5) is 17.3. The number of amides is 1. The fraction of sp³-hybridized carbons (Fsp3) is 0.0476. The van der Waals surface area contributed by atoms with Gasteiger partial charge in [0.25, 0.3) is 5.91 Å². The highest BCUT2D eigenvalue weighted by molar-refractivity contribution is 8.18. The second kappa shape index (κ2) is 8.28. The number of rotatable bonds is 3. The minimum atomic E-state index is -0.237. The molecular weight excluding hydrogens is 451 g/mol. The van der Waals surface area contributed by atoms with Gasteiger partial charge >= 0.3 is 0 Å². The molecule has 1 saturated heterocycles. The summed E-state index contributed by atoms with van der Waals surface area (Å²) in [5, 5.41) is 4.77. The molecule has 1 aliphatic rings. The highest BCUT2D eigenvalue weighted by Gasteiger charge is 2.24. The van der Waals surface area contributed by atoms with Crippen LogP contribution in [0, 0.1) is 6.92 Å². The lowest BCUT2D eigenvalue weighted by Crippen LogP contribution is -2.19. The molecule has 29 heavy (non-hydrogen) atoms. The van der Waals surface area contributed by atoms with Crippen LogP contribution in [0.15, 0.2) is 62.8 Å². The number of thioether (sulfide) groups is 1. The summed E-state index contributed by atoms with van der Waals surface area (Å²) in [5.41, 5.74) is 2.36. The van der Waals surface area contributed by atoms with E-state index in [9.17, 15) is 4.79 Å². The minimum Gasteiger partial charge on any atom is -0.457 e. The van der Waals surface area contributed by atoms with Crippen molar-refractivity contribution in [2.45, 2.75) is 6.92 Å². The van der Waals surface area contributed by atoms with Crippen molar-refractivity contribution in [3.05, 3.63) is 79.8 Å². The van der Waals surface area contributed by atoms with Gasteiger partial charge in [0.2, 0.25) is 0 Å². The largest absolute Gasteiger partial charge is 0.457 e. The van der Waals surface area contributed by atoms with Gasteiger partial charge < -0.3 is 9.73 Å². The molecule has 2 aromatic carbocycles. The molecule has 0 atom stereocenters. The van der Waals surface area contributed by atoms with E-state index in [2.05, 4.69) is 10.3 Å². The third-order valence-corrected chi connectivity index (χ3v) is 6.11. The van der Waals surface area contributed by atoms with Crippen molar-refractivity contribution in [2.75, 3.05) is 0 Å². The molecule has 1 fully saturated rings. The monoisotopic (exact) mass is 462 g/mol. The Kier molecular flexibility index (Phi) is 5.74. The number of furan rings is 1. The van der Waals surface area contributed by atoms with E-state index in [1.54, 1.807) is 36.4 Å². The molecule has 0 bridgehead atoms. The standard InChI is InChI=1S/C21H13Cl3N2O2S/c1-11-9-12(22)5-7-16(11)25-21-26-20(27)18(29-21)10-13-6-8-17(28-13)14-3-2-4-15(23)19(14)24/h2-10H,1H3,(H,25,26,27)/b18-10-. The van der Waals surface area contributed by atoms with E-state index in [1.165, 1.54) is 11.8 Å². The molecule has 0 radical (unpaired) electrons. The molecule has 2 heterocycles. The summed E-state index contributed by atoms with van der Waals surface area (Å²) in [5.74, 6) is 0.857. The lowest BCUT2D eigenvalue weighted by atomic mass is 10.2. The van der Waals surface area contributed by atoms with Crippen LogP contribution in [0.2, 0.25) is 15.1 Å². The molecule has 1 aromatic heterocycles. The first-order valence-corrected chi connectivity index (χ1v) is 10.5. The lowest BCUT2D eigenvalue weighted by molar-refractivity contribution is -0.115. The van der Waals surface area contributed by atoms with E-state index < -0.39 is 0 Å². The third kappa shape index (κ3) is 4.38. The second-order valence-electron chi connectivity index (χ2n) is 6.22. The molecular formula is C21H13Cl3N2O2S. The van der Waals surface area contributed by atoms with E-state index in [0.717, 1.165) is 11.3 Å². The van der Waals surface area contributed by atoms with Gasteiger partial charge in [-0.3, -0.25) is 4.79 Å². The van der Waals surface area contributed by atoms with Crippen molar-refractivity contribution in [1.29, 1.82) is 0 Å². The number of benzene rings is 2. The summed E-state index contributed by atoms with van der Waals surface area (Å²) in [6.07, 6.45) is 1.67. The second-order valence-corrected chi connectivity index (χ2v) is 8.47. The number of hydrogen-bond donors (Lipinski definition) is 1. The molecule has 146 valence electrons. The number of carbonyl (C=O) groups excluding carboxylic acids is 1. The highest BCUT2D eigenvalue weighted by atomic mass is 35.5. The fourth-order valence-electron chi connectivity index (χ4n) is 2.73. The molecule has 0 unspecified atom stereocenters. The number of nitrogens with zero attached hydrogens (tertiary/aromatic N) is 1. The number of carbonyl (C=O) groups is 1. The SMILES string of the molecule is Cc1cc(Cl)ccc1N=C1NC(=O)/C(=C/c2ccc(-c3cccc(Cl)c3Cl)o2)S1. The predicted octanol–water partition coefficient (Wildman–Crippen LogP) is 7.11. The number of aryl methyl sites for hydroxylation is 1. The normalized spacial score (nSPS) is 16.6. The Morgan fingerprint density at radius 2 is 1.93 bits per heavy atom. The van der Waals surface area contributed by atoms with Crippen molar-refractivity contribution < 1.29 is 9.21 Å². The van der Waals surface area contributed by atoms with Crippen LogP contribution in [-0.2, 0) is 4.79 Å². The maximum atomic E-state index is 12.3. The van der Waals surface area contributed by atoms with Crippen molar-refractivity contribution in [2.24, 2.45) is 4.99 Å². The van der Waals surface area contributed by atoms with Gasteiger partial charge in [0, 0.05) is 16.7 Å². The zero-order chi connectivity index (χ0) is 20.5. The quantitative estimate of drug-likeness (QED) is 0.421. The summed E-state index contributed by atoms with van der Waals surface area (Å²) < 4.78 is 5.83. The van der Waals surface area contributed by atoms with E-state index in [4.69, 9.17) is 39.2 Å². The van der Waals surface area contributed by atoms with Crippen LogP contribution in [0.1, 0.15) is 11.3 Å². The van der Waals surface area contributed by atoms with Gasteiger partial charge in [-0.15, -0.1) is 0 Å². The van der Waals surface area contributed by atoms with Crippen LogP contribution in [0.4, 0.5) is 5.69 Å². The Bertz CT molecular complexity index is 1180. The zero-order valence-electron chi connectivity index (χ0n) is 15.0. The molecule has 3 aromatic rings. The smallest absolute Gasteiger partial charge is 0.264 e. The maximum Gasteiger partial charge on any atom is 0.264 e. The summed E-state index contributed by atoms with van der Waals surface area (Å²) in [7, 11) is 0. The molecule has 4 rings (SSSR count). The van der Waals surface area contributed by atoms with Gasteiger partial charge in [-0.25, -0.2) is 4.99 Å².